The summed E-state index contributed by atoms with van der Waals surface area (Å²) in [6, 6.07) is 20.4. The normalized spacial score (nSPS) is 10.9. The number of halogens is 1. The molecule has 5 heteroatoms. The van der Waals surface area contributed by atoms with Crippen LogP contribution in [0.15, 0.2) is 72.8 Å². The van der Waals surface area contributed by atoms with Gasteiger partial charge in [-0.2, -0.15) is 0 Å². The van der Waals surface area contributed by atoms with Crippen molar-refractivity contribution < 1.29 is 14.0 Å². The number of nitrogens with zero attached hydrogens (tertiary/aromatic N) is 2. The van der Waals surface area contributed by atoms with E-state index in [9.17, 15) is 14.0 Å². The van der Waals surface area contributed by atoms with Crippen molar-refractivity contribution in [1.82, 2.24) is 9.80 Å². The highest BCUT2D eigenvalue weighted by Gasteiger charge is 2.22. The molecule has 0 aliphatic carbocycles. The molecule has 0 aliphatic heterocycles. The zero-order valence-electron chi connectivity index (χ0n) is 18.1. The molecule has 0 saturated carbocycles. The van der Waals surface area contributed by atoms with Crippen molar-refractivity contribution in [2.45, 2.75) is 20.0 Å². The maximum absolute atomic E-state index is 13.3. The summed E-state index contributed by atoms with van der Waals surface area (Å²) in [5.41, 5.74) is 3.25. The van der Waals surface area contributed by atoms with Gasteiger partial charge in [0, 0.05) is 30.8 Å². The lowest BCUT2D eigenvalue weighted by molar-refractivity contribution is 0.0748. The average Bonchev–Trinajstić information content (AvgIpc) is 2.78. The predicted octanol–water partition coefficient (Wildman–Crippen LogP) is 4.78. The zero-order valence-corrected chi connectivity index (χ0v) is 18.1. The first-order chi connectivity index (χ1) is 14.9. The Morgan fingerprint density at radius 2 is 1.32 bits per heavy atom. The molecule has 1 amide bonds. The van der Waals surface area contributed by atoms with Crippen molar-refractivity contribution in [2.75, 3.05) is 20.6 Å². The van der Waals surface area contributed by atoms with Gasteiger partial charge in [0.25, 0.3) is 5.91 Å². The minimum Gasteiger partial charge on any atom is -0.335 e. The highest BCUT2D eigenvalue weighted by Crippen LogP contribution is 2.19. The number of benzene rings is 3. The smallest absolute Gasteiger partial charge is 0.254 e. The van der Waals surface area contributed by atoms with Crippen LogP contribution in [0.5, 0.6) is 0 Å². The van der Waals surface area contributed by atoms with Gasteiger partial charge in [-0.3, -0.25) is 9.59 Å². The van der Waals surface area contributed by atoms with Gasteiger partial charge in [0.15, 0.2) is 5.78 Å². The molecule has 3 aromatic rings. The van der Waals surface area contributed by atoms with Gasteiger partial charge in [0.05, 0.1) is 5.56 Å². The SMILES string of the molecule is CCN(Cc1ccc(CN(C)C)cc1)C(=O)c1ccccc1C(=O)c1ccc(F)cc1. The van der Waals surface area contributed by atoms with Crippen LogP contribution < -0.4 is 0 Å². The van der Waals surface area contributed by atoms with E-state index in [0.717, 1.165) is 12.1 Å². The number of hydrogen-bond acceptors (Lipinski definition) is 3. The first-order valence-corrected chi connectivity index (χ1v) is 10.3. The molecule has 31 heavy (non-hydrogen) atoms. The van der Waals surface area contributed by atoms with Crippen LogP contribution in [0, 0.1) is 5.82 Å². The van der Waals surface area contributed by atoms with E-state index in [1.165, 1.54) is 29.8 Å². The Balaban J connectivity index is 1.82. The van der Waals surface area contributed by atoms with Crippen LogP contribution in [0.3, 0.4) is 0 Å². The molecule has 0 unspecified atom stereocenters. The van der Waals surface area contributed by atoms with E-state index in [1.807, 2.05) is 33.2 Å². The molecule has 4 nitrogen and oxygen atoms in total. The maximum Gasteiger partial charge on any atom is 0.254 e. The third-order valence-corrected chi connectivity index (χ3v) is 5.07. The summed E-state index contributed by atoms with van der Waals surface area (Å²) in [4.78, 5) is 30.1. The molecule has 0 N–H and O–H groups in total. The molecular weight excluding hydrogens is 391 g/mol. The number of rotatable bonds is 8. The van der Waals surface area contributed by atoms with Crippen LogP contribution in [-0.2, 0) is 13.1 Å². The Hall–Kier alpha value is -3.31. The Morgan fingerprint density at radius 3 is 1.87 bits per heavy atom. The van der Waals surface area contributed by atoms with Crippen molar-refractivity contribution >= 4 is 11.7 Å². The van der Waals surface area contributed by atoms with Gasteiger partial charge in [-0.15, -0.1) is 0 Å². The highest BCUT2D eigenvalue weighted by molar-refractivity contribution is 6.15. The zero-order chi connectivity index (χ0) is 22.4. The standard InChI is InChI=1S/C26H27FN2O2/c1-4-29(18-20-11-9-19(10-12-20)17-28(2)3)26(31)24-8-6-5-7-23(24)25(30)21-13-15-22(27)16-14-21/h5-16H,4,17-18H2,1-3H3. The van der Waals surface area contributed by atoms with Gasteiger partial charge in [0.1, 0.15) is 5.82 Å². The van der Waals surface area contributed by atoms with E-state index in [0.29, 0.717) is 29.8 Å². The molecule has 3 aromatic carbocycles. The first kappa shape index (κ1) is 22.4. The van der Waals surface area contributed by atoms with E-state index >= 15 is 0 Å². The molecule has 0 saturated heterocycles. The fourth-order valence-corrected chi connectivity index (χ4v) is 3.46. The van der Waals surface area contributed by atoms with E-state index in [1.54, 1.807) is 29.2 Å². The lowest BCUT2D eigenvalue weighted by atomic mass is 9.97. The summed E-state index contributed by atoms with van der Waals surface area (Å²) in [6.45, 7) is 3.74. The summed E-state index contributed by atoms with van der Waals surface area (Å²) in [7, 11) is 4.05. The van der Waals surface area contributed by atoms with Crippen LogP contribution in [0.1, 0.15) is 44.3 Å². The van der Waals surface area contributed by atoms with Crippen molar-refractivity contribution in [3.05, 3.63) is 106 Å². The Morgan fingerprint density at radius 1 is 0.774 bits per heavy atom. The lowest BCUT2D eigenvalue weighted by Gasteiger charge is -2.22. The Bertz CT molecular complexity index is 1040. The monoisotopic (exact) mass is 418 g/mol. The predicted molar refractivity (Wildman–Crippen MR) is 121 cm³/mol. The van der Waals surface area contributed by atoms with E-state index in [-0.39, 0.29) is 11.7 Å². The Labute approximate surface area is 182 Å². The average molecular weight is 419 g/mol. The van der Waals surface area contributed by atoms with Crippen LogP contribution in [0.25, 0.3) is 0 Å². The number of ketones is 1. The first-order valence-electron chi connectivity index (χ1n) is 10.3. The second-order valence-corrected chi connectivity index (χ2v) is 7.76. The molecule has 3 rings (SSSR count). The minimum atomic E-state index is -0.408. The number of carbonyl (C=O) groups is 2. The molecule has 0 radical (unpaired) electrons. The fraction of sp³-hybridized carbons (Fsp3) is 0.231. The molecule has 160 valence electrons. The number of amides is 1. The second kappa shape index (κ2) is 10.1. The largest absolute Gasteiger partial charge is 0.335 e. The Kier molecular flexibility index (Phi) is 7.32. The summed E-state index contributed by atoms with van der Waals surface area (Å²) < 4.78 is 13.2. The number of carbonyl (C=O) groups excluding carboxylic acids is 2. The van der Waals surface area contributed by atoms with Crippen LogP contribution >= 0.6 is 0 Å². The molecule has 0 aliphatic rings. The van der Waals surface area contributed by atoms with Gasteiger partial charge in [-0.1, -0.05) is 42.5 Å². The highest BCUT2D eigenvalue weighted by atomic mass is 19.1. The summed E-state index contributed by atoms with van der Waals surface area (Å²) in [5, 5.41) is 0. The van der Waals surface area contributed by atoms with Gasteiger partial charge < -0.3 is 9.80 Å². The molecule has 0 spiro atoms. The number of hydrogen-bond donors (Lipinski definition) is 0. The van der Waals surface area contributed by atoms with E-state index in [2.05, 4.69) is 17.0 Å². The van der Waals surface area contributed by atoms with Crippen LogP contribution in [0.2, 0.25) is 0 Å². The van der Waals surface area contributed by atoms with Crippen molar-refractivity contribution in [1.29, 1.82) is 0 Å². The van der Waals surface area contributed by atoms with Crippen molar-refractivity contribution in [3.63, 3.8) is 0 Å². The molecule has 0 aromatic heterocycles. The van der Waals surface area contributed by atoms with Crippen molar-refractivity contribution in [3.8, 4) is 0 Å². The molecule has 0 heterocycles. The third kappa shape index (κ3) is 5.64. The van der Waals surface area contributed by atoms with Gasteiger partial charge in [-0.05, 0) is 62.5 Å². The summed E-state index contributed by atoms with van der Waals surface area (Å²) in [6.07, 6.45) is 0. The van der Waals surface area contributed by atoms with Gasteiger partial charge in [0.2, 0.25) is 0 Å². The van der Waals surface area contributed by atoms with Crippen LogP contribution in [-0.4, -0.2) is 42.1 Å². The van der Waals surface area contributed by atoms with E-state index in [4.69, 9.17) is 0 Å². The molecular formula is C26H27FN2O2. The molecule has 0 fully saturated rings. The maximum atomic E-state index is 13.3. The summed E-state index contributed by atoms with van der Waals surface area (Å²) >= 11 is 0. The summed E-state index contributed by atoms with van der Waals surface area (Å²) in [5.74, 6) is -0.909. The molecule has 0 atom stereocenters. The van der Waals surface area contributed by atoms with Crippen molar-refractivity contribution in [2.24, 2.45) is 0 Å². The third-order valence-electron chi connectivity index (χ3n) is 5.07. The quantitative estimate of drug-likeness (QED) is 0.494. The minimum absolute atomic E-state index is 0.203. The van der Waals surface area contributed by atoms with Gasteiger partial charge >= 0.3 is 0 Å². The van der Waals surface area contributed by atoms with E-state index < -0.39 is 5.82 Å². The van der Waals surface area contributed by atoms with Gasteiger partial charge in [-0.25, -0.2) is 4.39 Å². The lowest BCUT2D eigenvalue weighted by Crippen LogP contribution is -2.31. The molecule has 0 bridgehead atoms. The topological polar surface area (TPSA) is 40.6 Å². The fourth-order valence-electron chi connectivity index (χ4n) is 3.46. The van der Waals surface area contributed by atoms with Crippen LogP contribution in [0.4, 0.5) is 4.39 Å². The second-order valence-electron chi connectivity index (χ2n) is 7.76.